The molecule has 5 rings (SSSR count). The van der Waals surface area contributed by atoms with E-state index in [-0.39, 0.29) is 5.56 Å². The summed E-state index contributed by atoms with van der Waals surface area (Å²) >= 11 is 0. The monoisotopic (exact) mass is 378 g/mol. The molecule has 28 heavy (non-hydrogen) atoms. The quantitative estimate of drug-likeness (QED) is 0.690. The van der Waals surface area contributed by atoms with E-state index in [9.17, 15) is 4.79 Å². The van der Waals surface area contributed by atoms with Gasteiger partial charge in [-0.2, -0.15) is 0 Å². The van der Waals surface area contributed by atoms with Gasteiger partial charge in [-0.3, -0.25) is 4.79 Å². The first kappa shape index (κ1) is 17.0. The fourth-order valence-corrected chi connectivity index (χ4v) is 4.54. The second kappa shape index (κ2) is 6.47. The molecule has 0 spiro atoms. The molecule has 144 valence electrons. The second-order valence-corrected chi connectivity index (χ2v) is 7.57. The summed E-state index contributed by atoms with van der Waals surface area (Å²) in [4.78, 5) is 28.3. The van der Waals surface area contributed by atoms with Gasteiger partial charge in [0.1, 0.15) is 18.0 Å². The normalized spacial score (nSPS) is 20.7. The Morgan fingerprint density at radius 2 is 2.04 bits per heavy atom. The molecule has 5 heterocycles. The molecule has 2 bridgehead atoms. The number of aromatic nitrogens is 5. The van der Waals surface area contributed by atoms with Crippen molar-refractivity contribution in [3.8, 4) is 17.3 Å². The molecular formula is C20H22N6O2. The molecule has 0 aromatic carbocycles. The maximum Gasteiger partial charge on any atom is 0.261 e. The molecule has 0 N–H and O–H groups in total. The molecule has 3 aromatic heterocycles. The summed E-state index contributed by atoms with van der Waals surface area (Å²) in [6.07, 6.45) is 6.22. The number of methoxy groups -OCH3 is 1. The minimum Gasteiger partial charge on any atom is -0.481 e. The third kappa shape index (κ3) is 2.67. The van der Waals surface area contributed by atoms with Crippen LogP contribution in [0.5, 0.6) is 5.88 Å². The lowest BCUT2D eigenvalue weighted by atomic mass is 9.83. The van der Waals surface area contributed by atoms with Gasteiger partial charge in [0.2, 0.25) is 5.88 Å². The van der Waals surface area contributed by atoms with Gasteiger partial charge in [0.05, 0.1) is 12.7 Å². The van der Waals surface area contributed by atoms with E-state index in [1.54, 1.807) is 13.3 Å². The minimum absolute atomic E-state index is 0.0543. The van der Waals surface area contributed by atoms with Crippen molar-refractivity contribution < 1.29 is 4.74 Å². The van der Waals surface area contributed by atoms with Crippen LogP contribution in [0.25, 0.3) is 11.4 Å². The van der Waals surface area contributed by atoms with E-state index >= 15 is 0 Å². The third-order valence-electron chi connectivity index (χ3n) is 5.83. The summed E-state index contributed by atoms with van der Waals surface area (Å²) in [5, 5.41) is 0. The smallest absolute Gasteiger partial charge is 0.261 e. The number of hydrogen-bond acceptors (Lipinski definition) is 6. The van der Waals surface area contributed by atoms with Crippen molar-refractivity contribution in [2.24, 2.45) is 13.0 Å². The number of hydrogen-bond donors (Lipinski definition) is 0. The second-order valence-electron chi connectivity index (χ2n) is 7.57. The van der Waals surface area contributed by atoms with E-state index in [0.29, 0.717) is 29.1 Å². The number of anilines is 1. The fourth-order valence-electron chi connectivity index (χ4n) is 4.54. The molecule has 0 radical (unpaired) electrons. The van der Waals surface area contributed by atoms with E-state index in [1.807, 2.05) is 34.5 Å². The number of nitrogens with zero attached hydrogens (tertiary/aromatic N) is 6. The Morgan fingerprint density at radius 1 is 1.14 bits per heavy atom. The van der Waals surface area contributed by atoms with Gasteiger partial charge in [0.25, 0.3) is 5.56 Å². The summed E-state index contributed by atoms with van der Waals surface area (Å²) in [5.41, 5.74) is 1.82. The molecule has 0 amide bonds. The molecule has 2 atom stereocenters. The van der Waals surface area contributed by atoms with Crippen molar-refractivity contribution in [1.82, 2.24) is 24.1 Å². The van der Waals surface area contributed by atoms with Crippen molar-refractivity contribution in [2.45, 2.75) is 18.9 Å². The number of ether oxygens (including phenoxy) is 1. The first-order valence-electron chi connectivity index (χ1n) is 9.46. The lowest BCUT2D eigenvalue weighted by Crippen LogP contribution is -2.47. The van der Waals surface area contributed by atoms with Crippen LogP contribution in [0.4, 0.5) is 5.82 Å². The highest BCUT2D eigenvalue weighted by molar-refractivity contribution is 5.55. The van der Waals surface area contributed by atoms with Gasteiger partial charge in [0, 0.05) is 56.8 Å². The van der Waals surface area contributed by atoms with Gasteiger partial charge < -0.3 is 18.8 Å². The highest BCUT2D eigenvalue weighted by Gasteiger charge is 2.35. The van der Waals surface area contributed by atoms with E-state index in [2.05, 4.69) is 25.9 Å². The van der Waals surface area contributed by atoms with Crippen LogP contribution in [0.3, 0.4) is 0 Å². The summed E-state index contributed by atoms with van der Waals surface area (Å²) in [7, 11) is 3.52. The van der Waals surface area contributed by atoms with Crippen LogP contribution in [0.2, 0.25) is 0 Å². The Kier molecular flexibility index (Phi) is 3.92. The fraction of sp³-hybridized carbons (Fsp3) is 0.400. The van der Waals surface area contributed by atoms with Crippen molar-refractivity contribution in [3.05, 3.63) is 53.0 Å². The zero-order valence-electron chi connectivity index (χ0n) is 15.9. The molecule has 0 saturated carbocycles. The number of fused-ring (bicyclic) bond motifs is 4. The average Bonchev–Trinajstić information content (AvgIpc) is 3.14. The van der Waals surface area contributed by atoms with Crippen LogP contribution < -0.4 is 15.2 Å². The van der Waals surface area contributed by atoms with E-state index in [4.69, 9.17) is 4.74 Å². The molecule has 8 nitrogen and oxygen atoms in total. The largest absolute Gasteiger partial charge is 0.481 e. The Labute approximate surface area is 162 Å². The van der Waals surface area contributed by atoms with Crippen molar-refractivity contribution in [1.29, 1.82) is 0 Å². The first-order chi connectivity index (χ1) is 13.6. The molecule has 8 heteroatoms. The average molecular weight is 378 g/mol. The van der Waals surface area contributed by atoms with Crippen LogP contribution in [0.15, 0.2) is 41.7 Å². The Morgan fingerprint density at radius 3 is 2.82 bits per heavy atom. The van der Waals surface area contributed by atoms with Crippen LogP contribution >= 0.6 is 0 Å². The molecule has 1 fully saturated rings. The summed E-state index contributed by atoms with van der Waals surface area (Å²) in [5.74, 6) is 2.86. The highest BCUT2D eigenvalue weighted by atomic mass is 16.5. The lowest BCUT2D eigenvalue weighted by molar-refractivity contribution is 0.280. The third-order valence-corrected chi connectivity index (χ3v) is 5.83. The summed E-state index contributed by atoms with van der Waals surface area (Å²) in [6.45, 7) is 2.43. The lowest BCUT2D eigenvalue weighted by Gasteiger charge is -2.43. The van der Waals surface area contributed by atoms with Gasteiger partial charge in [-0.05, 0) is 24.5 Å². The molecule has 2 aliphatic rings. The van der Waals surface area contributed by atoms with Crippen LogP contribution in [0.1, 0.15) is 18.0 Å². The molecule has 1 saturated heterocycles. The Hall–Kier alpha value is -3.16. The van der Waals surface area contributed by atoms with Crippen LogP contribution in [0, 0.1) is 5.92 Å². The van der Waals surface area contributed by atoms with Gasteiger partial charge in [0.15, 0.2) is 0 Å². The zero-order valence-corrected chi connectivity index (χ0v) is 15.9. The van der Waals surface area contributed by atoms with Crippen molar-refractivity contribution in [2.75, 3.05) is 25.1 Å². The Bertz CT molecular complexity index is 1090. The minimum atomic E-state index is 0.0543. The number of imidazole rings is 1. The van der Waals surface area contributed by atoms with Gasteiger partial charge >= 0.3 is 0 Å². The SMILES string of the molecule is COc1cc(N2C[C@@H]3C[C@H](C2)c2ccc(-c4nccn4C)c(=O)n2C3)ncn1. The Balaban J connectivity index is 1.50. The van der Waals surface area contributed by atoms with E-state index in [0.717, 1.165) is 37.6 Å². The maximum absolute atomic E-state index is 13.2. The van der Waals surface area contributed by atoms with E-state index in [1.165, 1.54) is 6.33 Å². The van der Waals surface area contributed by atoms with Gasteiger partial charge in [-0.1, -0.05) is 0 Å². The highest BCUT2D eigenvalue weighted by Crippen LogP contribution is 2.37. The number of aryl methyl sites for hydroxylation is 1. The number of rotatable bonds is 3. The van der Waals surface area contributed by atoms with Gasteiger partial charge in [-0.25, -0.2) is 15.0 Å². The molecule has 2 aliphatic heterocycles. The molecule has 3 aromatic rings. The van der Waals surface area contributed by atoms with E-state index < -0.39 is 0 Å². The summed E-state index contributed by atoms with van der Waals surface area (Å²) in [6, 6.07) is 5.89. The number of piperidine rings is 1. The first-order valence-corrected chi connectivity index (χ1v) is 9.46. The van der Waals surface area contributed by atoms with Crippen LogP contribution in [-0.2, 0) is 13.6 Å². The molecule has 0 aliphatic carbocycles. The predicted octanol–water partition coefficient (Wildman–Crippen LogP) is 1.67. The van der Waals surface area contributed by atoms with Crippen molar-refractivity contribution >= 4 is 5.82 Å². The van der Waals surface area contributed by atoms with Crippen molar-refractivity contribution in [3.63, 3.8) is 0 Å². The summed E-state index contributed by atoms with van der Waals surface area (Å²) < 4.78 is 9.08. The zero-order chi connectivity index (χ0) is 19.3. The molecule has 0 unspecified atom stereocenters. The standard InChI is InChI=1S/C20H22N6O2/c1-24-6-5-21-19(24)15-3-4-16-14-7-13(10-26(16)20(15)27)9-25(11-14)17-8-18(28-2)23-12-22-17/h3-6,8,12-14H,7,9-11H2,1-2H3/t13-,14+/m0/s1. The van der Waals surface area contributed by atoms with Gasteiger partial charge in [-0.15, -0.1) is 0 Å². The molecular weight excluding hydrogens is 356 g/mol. The predicted molar refractivity (Wildman–Crippen MR) is 105 cm³/mol. The van der Waals surface area contributed by atoms with Crippen LogP contribution in [-0.4, -0.2) is 44.3 Å². The maximum atomic E-state index is 13.2. The number of pyridine rings is 1. The topological polar surface area (TPSA) is 78.1 Å².